The summed E-state index contributed by atoms with van der Waals surface area (Å²) < 4.78 is 9.64. The lowest BCUT2D eigenvalue weighted by atomic mass is 9.94. The number of hydrogen-bond donors (Lipinski definition) is 0. The molecule has 254 valence electrons. The molecule has 0 fully saturated rings. The minimum absolute atomic E-state index is 0.644. The third-order valence-electron chi connectivity index (χ3n) is 10.2. The van der Waals surface area contributed by atoms with Gasteiger partial charge in [0.05, 0.1) is 11.3 Å². The Hall–Kier alpha value is -2.36. The van der Waals surface area contributed by atoms with Gasteiger partial charge in [-0.15, -0.1) is 22.7 Å². The topological polar surface area (TPSA) is 9.23 Å². The minimum atomic E-state index is 0.644. The van der Waals surface area contributed by atoms with Crippen LogP contribution in [0, 0.1) is 5.92 Å². The van der Waals surface area contributed by atoms with Crippen molar-refractivity contribution in [1.82, 2.24) is 0 Å². The molecule has 0 saturated carbocycles. The van der Waals surface area contributed by atoms with Crippen LogP contribution in [-0.2, 0) is 0 Å². The molecule has 0 spiro atoms. The van der Waals surface area contributed by atoms with E-state index >= 15 is 0 Å². The molecule has 5 aromatic rings. The van der Waals surface area contributed by atoms with Crippen molar-refractivity contribution in [2.24, 2.45) is 5.92 Å². The van der Waals surface area contributed by atoms with Crippen molar-refractivity contribution in [3.63, 3.8) is 0 Å². The van der Waals surface area contributed by atoms with Crippen molar-refractivity contribution in [3.8, 4) is 16.9 Å². The van der Waals surface area contributed by atoms with Gasteiger partial charge in [0.25, 0.3) is 0 Å². The molecule has 2 heterocycles. The van der Waals surface area contributed by atoms with Crippen molar-refractivity contribution in [3.05, 3.63) is 65.4 Å². The fourth-order valence-corrected chi connectivity index (χ4v) is 9.34. The van der Waals surface area contributed by atoms with Crippen LogP contribution < -0.4 is 4.74 Å². The molecule has 1 nitrogen and oxygen atoms in total. The average Bonchev–Trinajstić information content (AvgIpc) is 3.79. The van der Waals surface area contributed by atoms with Crippen molar-refractivity contribution in [2.45, 2.75) is 142 Å². The van der Waals surface area contributed by atoms with Gasteiger partial charge in [-0.1, -0.05) is 172 Å². The van der Waals surface area contributed by atoms with E-state index in [1.807, 2.05) is 22.7 Å². The number of thiophene rings is 2. The molecule has 0 N–H and O–H groups in total. The maximum Gasteiger partial charge on any atom is 0.145 e. The zero-order valence-electron chi connectivity index (χ0n) is 29.5. The highest BCUT2D eigenvalue weighted by molar-refractivity contribution is 7.20. The number of hydrogen-bond acceptors (Lipinski definition) is 3. The molecule has 3 aromatic carbocycles. The Morgan fingerprint density at radius 2 is 1.04 bits per heavy atom. The molecule has 0 saturated heterocycles. The van der Waals surface area contributed by atoms with Crippen LogP contribution in [-0.4, -0.2) is 6.61 Å². The zero-order valence-corrected chi connectivity index (χ0v) is 31.1. The maximum atomic E-state index is 6.97. The van der Waals surface area contributed by atoms with Gasteiger partial charge in [0.15, 0.2) is 0 Å². The lowest BCUT2D eigenvalue weighted by Crippen LogP contribution is -2.13. The zero-order chi connectivity index (χ0) is 32.5. The first kappa shape index (κ1) is 35.9. The predicted octanol–water partition coefficient (Wildman–Crippen LogP) is 15.8. The summed E-state index contributed by atoms with van der Waals surface area (Å²) >= 11 is 3.71. The van der Waals surface area contributed by atoms with Crippen LogP contribution in [0.1, 0.15) is 142 Å². The molecule has 0 aliphatic carbocycles. The molecule has 0 aliphatic rings. The Kier molecular flexibility index (Phi) is 15.5. The summed E-state index contributed by atoms with van der Waals surface area (Å²) in [4.78, 5) is 0. The summed E-state index contributed by atoms with van der Waals surface area (Å²) in [6.45, 7) is 5.46. The predicted molar refractivity (Wildman–Crippen MR) is 213 cm³/mol. The fourth-order valence-electron chi connectivity index (χ4n) is 7.46. The first-order valence-corrected chi connectivity index (χ1v) is 21.1. The summed E-state index contributed by atoms with van der Waals surface area (Å²) in [5.74, 6) is 1.77. The van der Waals surface area contributed by atoms with Crippen LogP contribution in [0.4, 0.5) is 0 Å². The van der Waals surface area contributed by atoms with E-state index in [9.17, 15) is 0 Å². The number of ether oxygens (including phenoxy) is 1. The molecule has 2 aromatic heterocycles. The van der Waals surface area contributed by atoms with Crippen molar-refractivity contribution < 1.29 is 4.74 Å². The van der Waals surface area contributed by atoms with E-state index in [0.29, 0.717) is 5.92 Å². The van der Waals surface area contributed by atoms with E-state index in [-0.39, 0.29) is 0 Å². The second-order valence-corrected chi connectivity index (χ2v) is 15.8. The summed E-state index contributed by atoms with van der Waals surface area (Å²) in [6.07, 6.45) is 27.7. The largest absolute Gasteiger partial charge is 0.491 e. The van der Waals surface area contributed by atoms with Crippen LogP contribution in [0.15, 0.2) is 65.4 Å². The fraction of sp³-hybridized carbons (Fsp3) is 0.545. The molecule has 3 heteroatoms. The first-order chi connectivity index (χ1) is 23.3. The van der Waals surface area contributed by atoms with E-state index < -0.39 is 0 Å². The molecule has 5 rings (SSSR count). The van der Waals surface area contributed by atoms with Crippen LogP contribution in [0.5, 0.6) is 5.75 Å². The molecule has 0 bridgehead atoms. The molecule has 0 radical (unpaired) electrons. The van der Waals surface area contributed by atoms with E-state index in [1.165, 1.54) is 170 Å². The maximum absolute atomic E-state index is 6.97. The van der Waals surface area contributed by atoms with Crippen LogP contribution in [0.25, 0.3) is 42.1 Å². The Labute approximate surface area is 294 Å². The first-order valence-electron chi connectivity index (χ1n) is 19.3. The van der Waals surface area contributed by atoms with E-state index in [4.69, 9.17) is 4.74 Å². The van der Waals surface area contributed by atoms with Gasteiger partial charge < -0.3 is 4.74 Å². The molecular weight excluding hydrogens is 609 g/mol. The summed E-state index contributed by atoms with van der Waals surface area (Å²) in [7, 11) is 0. The van der Waals surface area contributed by atoms with Crippen molar-refractivity contribution in [1.29, 1.82) is 0 Å². The summed E-state index contributed by atoms with van der Waals surface area (Å²) in [6, 6.07) is 20.2. The number of unbranched alkanes of at least 4 members (excludes halogenated alkanes) is 16. The third kappa shape index (κ3) is 10.3. The molecule has 0 aliphatic heterocycles. The summed E-state index contributed by atoms with van der Waals surface area (Å²) in [5.41, 5.74) is 2.70. The van der Waals surface area contributed by atoms with Gasteiger partial charge in [-0.25, -0.2) is 0 Å². The quantitative estimate of drug-likeness (QED) is 0.0595. The highest BCUT2D eigenvalue weighted by Crippen LogP contribution is 2.49. The average molecular weight is 669 g/mol. The molecular formula is C44H60OS2. The highest BCUT2D eigenvalue weighted by atomic mass is 32.1. The Morgan fingerprint density at radius 3 is 1.68 bits per heavy atom. The van der Waals surface area contributed by atoms with E-state index in [0.717, 1.165) is 12.4 Å². The van der Waals surface area contributed by atoms with E-state index in [1.54, 1.807) is 0 Å². The number of benzene rings is 3. The minimum Gasteiger partial charge on any atom is -0.491 e. The van der Waals surface area contributed by atoms with Gasteiger partial charge in [0.1, 0.15) is 5.75 Å². The molecule has 47 heavy (non-hydrogen) atoms. The monoisotopic (exact) mass is 668 g/mol. The molecule has 0 amide bonds. The lowest BCUT2D eigenvalue weighted by molar-refractivity contribution is 0.228. The molecule has 1 unspecified atom stereocenters. The second kappa shape index (κ2) is 20.2. The Bertz CT molecular complexity index is 1540. The van der Waals surface area contributed by atoms with Gasteiger partial charge in [-0.2, -0.15) is 0 Å². The summed E-state index contributed by atoms with van der Waals surface area (Å²) in [5, 5.41) is 9.78. The molecule has 1 atom stereocenters. The smallest absolute Gasteiger partial charge is 0.145 e. The van der Waals surface area contributed by atoms with Crippen LogP contribution in [0.3, 0.4) is 0 Å². The number of fused-ring (bicyclic) bond motifs is 3. The second-order valence-electron chi connectivity index (χ2n) is 14.0. The van der Waals surface area contributed by atoms with Gasteiger partial charge in [-0.3, -0.25) is 0 Å². The van der Waals surface area contributed by atoms with Gasteiger partial charge in [0, 0.05) is 21.0 Å². The van der Waals surface area contributed by atoms with E-state index in [2.05, 4.69) is 79.2 Å². The van der Waals surface area contributed by atoms with Crippen molar-refractivity contribution >= 4 is 53.6 Å². The Balaban J connectivity index is 1.24. The third-order valence-corrected chi connectivity index (χ3v) is 12.1. The van der Waals surface area contributed by atoms with Gasteiger partial charge in [-0.05, 0) is 58.0 Å². The lowest BCUT2D eigenvalue weighted by Gasteiger charge is -2.20. The van der Waals surface area contributed by atoms with Crippen molar-refractivity contribution in [2.75, 3.05) is 6.61 Å². The number of rotatable bonds is 24. The Morgan fingerprint density at radius 1 is 0.511 bits per heavy atom. The van der Waals surface area contributed by atoms with Gasteiger partial charge in [0.2, 0.25) is 0 Å². The normalized spacial score (nSPS) is 12.5. The van der Waals surface area contributed by atoms with Crippen LogP contribution >= 0.6 is 22.7 Å². The van der Waals surface area contributed by atoms with Gasteiger partial charge >= 0.3 is 0 Å². The van der Waals surface area contributed by atoms with Crippen LogP contribution in [0.2, 0.25) is 0 Å². The standard InChI is InChI=1S/C44H60OS2/c1-3-5-7-9-11-13-14-16-18-20-25-35(24-19-17-15-12-10-8-6-4-2)34-45-42-40-31-33-46-43(40)41(39-30-32-47-44(39)42)38-29-23-27-36-26-21-22-28-37(36)38/h21-23,26-33,35H,3-20,24-25,34H2,1-2H3. The highest BCUT2D eigenvalue weighted by Gasteiger charge is 2.21. The SMILES string of the molecule is CCCCCCCCCCCCC(CCCCCCCCCC)COc1c2ccsc2c(-c2cccc3ccccc23)c2ccsc12.